The third-order valence-corrected chi connectivity index (χ3v) is 6.50. The summed E-state index contributed by atoms with van der Waals surface area (Å²) in [6.45, 7) is 6.33. The molecule has 0 amide bonds. The van der Waals surface area contributed by atoms with E-state index in [1.807, 2.05) is 6.07 Å². The number of benzene rings is 1. The van der Waals surface area contributed by atoms with Crippen LogP contribution in [0.25, 0.3) is 17.0 Å². The normalized spacial score (nSPS) is 16.5. The molecule has 1 aliphatic heterocycles. The first-order valence-corrected chi connectivity index (χ1v) is 10.7. The van der Waals surface area contributed by atoms with Gasteiger partial charge in [0.1, 0.15) is 12.1 Å². The minimum atomic E-state index is 0.545. The van der Waals surface area contributed by atoms with Gasteiger partial charge in [0.25, 0.3) is 0 Å². The van der Waals surface area contributed by atoms with Crippen LogP contribution in [0.1, 0.15) is 10.4 Å². The molecule has 1 saturated heterocycles. The van der Waals surface area contributed by atoms with Crippen LogP contribution in [0.3, 0.4) is 0 Å². The van der Waals surface area contributed by atoms with E-state index in [2.05, 4.69) is 71.4 Å². The van der Waals surface area contributed by atoms with E-state index in [1.165, 1.54) is 16.8 Å². The Bertz CT molecular complexity index is 946. The number of nitrogens with zero attached hydrogens (tertiary/aromatic N) is 4. The van der Waals surface area contributed by atoms with Crippen molar-refractivity contribution in [3.05, 3.63) is 57.0 Å². The molecule has 140 valence electrons. The minimum Gasteiger partial charge on any atom is -0.383 e. The molecule has 1 aromatic carbocycles. The number of thiophene rings is 1. The van der Waals surface area contributed by atoms with Gasteiger partial charge in [-0.3, -0.25) is 9.80 Å². The summed E-state index contributed by atoms with van der Waals surface area (Å²) in [6.07, 6.45) is 6.01. The van der Waals surface area contributed by atoms with E-state index < -0.39 is 0 Å². The molecule has 1 aliphatic rings. The third kappa shape index (κ3) is 4.73. The second kappa shape index (κ2) is 8.48. The molecule has 3 heterocycles. The molecule has 2 N–H and O–H groups in total. The maximum atomic E-state index is 5.91. The average molecular weight is 444 g/mol. The van der Waals surface area contributed by atoms with Crippen molar-refractivity contribution >= 4 is 50.1 Å². The number of aromatic nitrogens is 2. The molecule has 0 unspecified atom stereocenters. The van der Waals surface area contributed by atoms with Gasteiger partial charge in [0.05, 0.1) is 5.52 Å². The van der Waals surface area contributed by atoms with Crippen molar-refractivity contribution in [3.8, 4) is 0 Å². The SMILES string of the molecule is Nc1ncnc2cc(CN3CCN(CC=Cc4cc(Br)cs4)CC3)ccc12. The van der Waals surface area contributed by atoms with Crippen LogP contribution in [0.2, 0.25) is 0 Å². The summed E-state index contributed by atoms with van der Waals surface area (Å²) in [5.74, 6) is 0.545. The zero-order valence-corrected chi connectivity index (χ0v) is 17.4. The van der Waals surface area contributed by atoms with E-state index in [0.717, 1.165) is 54.6 Å². The lowest BCUT2D eigenvalue weighted by molar-refractivity contribution is 0.137. The van der Waals surface area contributed by atoms with Crippen LogP contribution in [0, 0.1) is 0 Å². The van der Waals surface area contributed by atoms with Crippen molar-refractivity contribution in [2.45, 2.75) is 6.54 Å². The fraction of sp³-hybridized carbons (Fsp3) is 0.300. The van der Waals surface area contributed by atoms with Gasteiger partial charge in [0.2, 0.25) is 0 Å². The number of anilines is 1. The lowest BCUT2D eigenvalue weighted by atomic mass is 10.1. The minimum absolute atomic E-state index is 0.545. The van der Waals surface area contributed by atoms with Gasteiger partial charge in [-0.2, -0.15) is 0 Å². The fourth-order valence-electron chi connectivity index (χ4n) is 3.34. The van der Waals surface area contributed by atoms with Gasteiger partial charge in [-0.05, 0) is 45.8 Å². The van der Waals surface area contributed by atoms with Crippen molar-refractivity contribution < 1.29 is 0 Å². The Morgan fingerprint density at radius 1 is 1.11 bits per heavy atom. The molecule has 4 rings (SSSR count). The van der Waals surface area contributed by atoms with Gasteiger partial charge in [0.15, 0.2) is 0 Å². The predicted molar refractivity (Wildman–Crippen MR) is 117 cm³/mol. The standard InChI is InChI=1S/C20H22BrN5S/c21-16-11-17(27-13-16)2-1-5-25-6-8-26(9-7-25)12-15-3-4-18-19(10-15)23-14-24-20(18)22/h1-4,10-11,13-14H,5-9,12H2,(H2,22,23,24). The zero-order valence-electron chi connectivity index (χ0n) is 15.0. The maximum absolute atomic E-state index is 5.91. The smallest absolute Gasteiger partial charge is 0.134 e. The Kier molecular flexibility index (Phi) is 5.83. The van der Waals surface area contributed by atoms with Crippen LogP contribution >= 0.6 is 27.3 Å². The molecular weight excluding hydrogens is 422 g/mol. The van der Waals surface area contributed by atoms with Crippen LogP contribution in [-0.4, -0.2) is 52.5 Å². The number of rotatable bonds is 5. The Balaban J connectivity index is 1.28. The summed E-state index contributed by atoms with van der Waals surface area (Å²) >= 11 is 5.26. The van der Waals surface area contributed by atoms with Crippen molar-refractivity contribution in [1.29, 1.82) is 0 Å². The summed E-state index contributed by atoms with van der Waals surface area (Å²) in [6, 6.07) is 8.45. The molecule has 7 heteroatoms. The van der Waals surface area contributed by atoms with Crippen LogP contribution in [0.5, 0.6) is 0 Å². The highest BCUT2D eigenvalue weighted by molar-refractivity contribution is 9.10. The zero-order chi connectivity index (χ0) is 18.6. The van der Waals surface area contributed by atoms with Gasteiger partial charge in [-0.15, -0.1) is 11.3 Å². The Morgan fingerprint density at radius 2 is 1.93 bits per heavy atom. The van der Waals surface area contributed by atoms with E-state index in [-0.39, 0.29) is 0 Å². The van der Waals surface area contributed by atoms with Gasteiger partial charge < -0.3 is 5.73 Å². The number of nitrogen functional groups attached to an aromatic ring is 1. The van der Waals surface area contributed by atoms with E-state index in [9.17, 15) is 0 Å². The van der Waals surface area contributed by atoms with E-state index >= 15 is 0 Å². The van der Waals surface area contributed by atoms with Gasteiger partial charge in [0, 0.05) is 59.4 Å². The number of fused-ring (bicyclic) bond motifs is 1. The van der Waals surface area contributed by atoms with Crippen molar-refractivity contribution in [2.24, 2.45) is 0 Å². The Morgan fingerprint density at radius 3 is 2.70 bits per heavy atom. The Hall–Kier alpha value is -1.80. The number of halogens is 1. The number of piperazine rings is 1. The lowest BCUT2D eigenvalue weighted by Gasteiger charge is -2.34. The Labute approximate surface area is 171 Å². The van der Waals surface area contributed by atoms with Crippen LogP contribution < -0.4 is 5.73 Å². The number of nitrogens with two attached hydrogens (primary N) is 1. The predicted octanol–water partition coefficient (Wildman–Crippen LogP) is 3.87. The monoisotopic (exact) mass is 443 g/mol. The van der Waals surface area contributed by atoms with E-state index in [4.69, 9.17) is 5.73 Å². The average Bonchev–Trinajstić information content (AvgIpc) is 3.08. The third-order valence-electron chi connectivity index (χ3n) is 4.84. The number of hydrogen-bond acceptors (Lipinski definition) is 6. The topological polar surface area (TPSA) is 58.3 Å². The highest BCUT2D eigenvalue weighted by atomic mass is 79.9. The molecule has 27 heavy (non-hydrogen) atoms. The molecule has 2 aromatic heterocycles. The molecule has 0 radical (unpaired) electrons. The highest BCUT2D eigenvalue weighted by Crippen LogP contribution is 2.21. The molecule has 0 spiro atoms. The largest absolute Gasteiger partial charge is 0.383 e. The van der Waals surface area contributed by atoms with Crippen LogP contribution in [-0.2, 0) is 6.54 Å². The molecule has 0 saturated carbocycles. The van der Waals surface area contributed by atoms with Crippen LogP contribution in [0.4, 0.5) is 5.82 Å². The van der Waals surface area contributed by atoms with Crippen molar-refractivity contribution in [2.75, 3.05) is 38.5 Å². The van der Waals surface area contributed by atoms with E-state index in [1.54, 1.807) is 11.3 Å². The van der Waals surface area contributed by atoms with Gasteiger partial charge in [-0.1, -0.05) is 12.1 Å². The molecule has 0 aliphatic carbocycles. The molecule has 5 nitrogen and oxygen atoms in total. The van der Waals surface area contributed by atoms with Gasteiger partial charge >= 0.3 is 0 Å². The summed E-state index contributed by atoms with van der Waals surface area (Å²) < 4.78 is 1.16. The second-order valence-corrected chi connectivity index (χ2v) is 8.62. The van der Waals surface area contributed by atoms with Crippen molar-refractivity contribution in [1.82, 2.24) is 19.8 Å². The van der Waals surface area contributed by atoms with Crippen LogP contribution in [0.15, 0.2) is 46.5 Å². The van der Waals surface area contributed by atoms with Crippen molar-refractivity contribution in [3.63, 3.8) is 0 Å². The molecular formula is C20H22BrN5S. The van der Waals surface area contributed by atoms with Gasteiger partial charge in [-0.25, -0.2) is 9.97 Å². The first kappa shape index (κ1) is 18.6. The first-order chi connectivity index (χ1) is 13.2. The second-order valence-electron chi connectivity index (χ2n) is 6.76. The summed E-state index contributed by atoms with van der Waals surface area (Å²) in [5, 5.41) is 3.04. The lowest BCUT2D eigenvalue weighted by Crippen LogP contribution is -2.45. The summed E-state index contributed by atoms with van der Waals surface area (Å²) in [7, 11) is 0. The summed E-state index contributed by atoms with van der Waals surface area (Å²) in [4.78, 5) is 14.7. The first-order valence-electron chi connectivity index (χ1n) is 9.02. The maximum Gasteiger partial charge on any atom is 0.134 e. The summed E-state index contributed by atoms with van der Waals surface area (Å²) in [5.41, 5.74) is 8.11. The van der Waals surface area contributed by atoms with E-state index in [0.29, 0.717) is 5.82 Å². The molecule has 0 atom stereocenters. The molecule has 1 fully saturated rings. The number of hydrogen-bond donors (Lipinski definition) is 1. The molecule has 3 aromatic rings. The molecule has 0 bridgehead atoms. The quantitative estimate of drug-likeness (QED) is 0.648. The fourth-order valence-corrected chi connectivity index (χ4v) is 4.71. The highest BCUT2D eigenvalue weighted by Gasteiger charge is 2.16.